The van der Waals surface area contributed by atoms with Crippen molar-refractivity contribution in [3.8, 4) is 11.5 Å². The molecule has 1 N–H and O–H groups in total. The number of nitrogens with one attached hydrogen (secondary N) is 1. The van der Waals surface area contributed by atoms with Crippen molar-refractivity contribution in [1.82, 2.24) is 0 Å². The van der Waals surface area contributed by atoms with Crippen LogP contribution in [0.4, 0.5) is 5.69 Å². The van der Waals surface area contributed by atoms with E-state index in [2.05, 4.69) is 26.5 Å². The molecule has 0 saturated carbocycles. The molecule has 6 heteroatoms. The fourth-order valence-corrected chi connectivity index (χ4v) is 2.48. The summed E-state index contributed by atoms with van der Waals surface area (Å²) in [5, 5.41) is 4.92. The van der Waals surface area contributed by atoms with Crippen LogP contribution in [0.5, 0.6) is 11.5 Å². The van der Waals surface area contributed by atoms with Gasteiger partial charge in [-0.25, -0.2) is 0 Å². The highest BCUT2D eigenvalue weighted by Gasteiger charge is 2.15. The Bertz CT molecular complexity index is 719. The molecule has 2 aromatic carbocycles. The van der Waals surface area contributed by atoms with Gasteiger partial charge in [-0.1, -0.05) is 17.7 Å². The van der Waals surface area contributed by atoms with Gasteiger partial charge in [-0.15, -0.1) is 0 Å². The molecule has 4 nitrogen and oxygen atoms in total. The van der Waals surface area contributed by atoms with E-state index in [0.29, 0.717) is 5.02 Å². The summed E-state index contributed by atoms with van der Waals surface area (Å²) in [6, 6.07) is 9.44. The molecule has 3 rings (SSSR count). The van der Waals surface area contributed by atoms with E-state index >= 15 is 0 Å². The van der Waals surface area contributed by atoms with E-state index in [-0.39, 0.29) is 6.79 Å². The average molecular weight is 368 g/mol. The molecular formula is C15H12BrClN2O2. The van der Waals surface area contributed by atoms with Crippen LogP contribution >= 0.6 is 27.5 Å². The molecule has 0 radical (unpaired) electrons. The summed E-state index contributed by atoms with van der Waals surface area (Å²) in [7, 11) is 0. The maximum atomic E-state index is 6.07. The van der Waals surface area contributed by atoms with Crippen LogP contribution in [0.2, 0.25) is 5.02 Å². The molecule has 1 aliphatic heterocycles. The zero-order valence-corrected chi connectivity index (χ0v) is 13.5. The topological polar surface area (TPSA) is 42.9 Å². The molecule has 0 spiro atoms. The molecule has 0 aliphatic carbocycles. The van der Waals surface area contributed by atoms with Gasteiger partial charge in [0.05, 0.1) is 11.9 Å². The smallest absolute Gasteiger partial charge is 0.231 e. The first-order valence-corrected chi connectivity index (χ1v) is 7.45. The maximum absolute atomic E-state index is 6.07. The minimum atomic E-state index is 0.252. The molecule has 0 saturated heterocycles. The SMILES string of the molecule is Cc1ccc(N/N=C\c2cc3c(cc2Br)OCO3)cc1Cl. The summed E-state index contributed by atoms with van der Waals surface area (Å²) in [5.41, 5.74) is 5.71. The van der Waals surface area contributed by atoms with Gasteiger partial charge in [0, 0.05) is 15.1 Å². The van der Waals surface area contributed by atoms with E-state index in [4.69, 9.17) is 21.1 Å². The Morgan fingerprint density at radius 3 is 2.76 bits per heavy atom. The number of hydrogen-bond donors (Lipinski definition) is 1. The second-order valence-corrected chi connectivity index (χ2v) is 5.82. The van der Waals surface area contributed by atoms with Crippen LogP contribution in [0.15, 0.2) is 39.9 Å². The van der Waals surface area contributed by atoms with E-state index in [9.17, 15) is 0 Å². The van der Waals surface area contributed by atoms with E-state index in [1.165, 1.54) is 0 Å². The Morgan fingerprint density at radius 2 is 2.00 bits per heavy atom. The lowest BCUT2D eigenvalue weighted by molar-refractivity contribution is 0.174. The summed E-state index contributed by atoms with van der Waals surface area (Å²) in [4.78, 5) is 0. The zero-order valence-electron chi connectivity index (χ0n) is 11.2. The highest BCUT2D eigenvalue weighted by atomic mass is 79.9. The lowest BCUT2D eigenvalue weighted by Crippen LogP contribution is -1.93. The number of fused-ring (bicyclic) bond motifs is 1. The quantitative estimate of drug-likeness (QED) is 0.637. The Hall–Kier alpha value is -1.72. The number of aryl methyl sites for hydroxylation is 1. The molecule has 1 aliphatic rings. The molecule has 108 valence electrons. The van der Waals surface area contributed by atoms with Gasteiger partial charge in [0.1, 0.15) is 0 Å². The third-order valence-electron chi connectivity index (χ3n) is 3.06. The standard InChI is InChI=1S/C15H12BrClN2O2/c1-9-2-3-11(5-13(9)17)19-18-7-10-4-14-15(6-12(10)16)21-8-20-14/h2-7,19H,8H2,1H3/b18-7-. The van der Waals surface area contributed by atoms with Crippen LogP contribution in [0, 0.1) is 6.92 Å². The van der Waals surface area contributed by atoms with E-state index < -0.39 is 0 Å². The third-order valence-corrected chi connectivity index (χ3v) is 4.15. The number of anilines is 1. The van der Waals surface area contributed by atoms with E-state index in [1.54, 1.807) is 6.21 Å². The van der Waals surface area contributed by atoms with E-state index in [1.807, 2.05) is 37.3 Å². The Kier molecular flexibility index (Phi) is 4.03. The van der Waals surface area contributed by atoms with Crippen molar-refractivity contribution in [3.05, 3.63) is 51.0 Å². The van der Waals surface area contributed by atoms with Crippen molar-refractivity contribution in [3.63, 3.8) is 0 Å². The van der Waals surface area contributed by atoms with Gasteiger partial charge >= 0.3 is 0 Å². The number of benzene rings is 2. The average Bonchev–Trinajstić information content (AvgIpc) is 2.90. The highest BCUT2D eigenvalue weighted by molar-refractivity contribution is 9.10. The second-order valence-electron chi connectivity index (χ2n) is 4.56. The molecule has 2 aromatic rings. The fourth-order valence-electron chi connectivity index (χ4n) is 1.87. The van der Waals surface area contributed by atoms with Crippen LogP contribution in [0.1, 0.15) is 11.1 Å². The van der Waals surface area contributed by atoms with Crippen LogP contribution in [0.25, 0.3) is 0 Å². The molecule has 0 aromatic heterocycles. The summed E-state index contributed by atoms with van der Waals surface area (Å²) >= 11 is 9.55. The molecule has 0 fully saturated rings. The predicted molar refractivity (Wildman–Crippen MR) is 87.7 cm³/mol. The fraction of sp³-hybridized carbons (Fsp3) is 0.133. The molecule has 0 unspecified atom stereocenters. The summed E-state index contributed by atoms with van der Waals surface area (Å²) < 4.78 is 11.5. The molecule has 0 bridgehead atoms. The lowest BCUT2D eigenvalue weighted by atomic mass is 10.2. The minimum Gasteiger partial charge on any atom is -0.454 e. The Labute approximate surface area is 135 Å². The van der Waals surface area contributed by atoms with Crippen molar-refractivity contribution in [2.24, 2.45) is 5.10 Å². The monoisotopic (exact) mass is 366 g/mol. The zero-order chi connectivity index (χ0) is 14.8. The van der Waals surface area contributed by atoms with Gasteiger partial charge in [0.2, 0.25) is 6.79 Å². The summed E-state index contributed by atoms with van der Waals surface area (Å²) in [5.74, 6) is 1.45. The lowest BCUT2D eigenvalue weighted by Gasteiger charge is -2.04. The molecule has 0 atom stereocenters. The normalized spacial score (nSPS) is 12.9. The number of rotatable bonds is 3. The van der Waals surface area contributed by atoms with E-state index in [0.717, 1.165) is 32.8 Å². The minimum absolute atomic E-state index is 0.252. The van der Waals surface area contributed by atoms with Gasteiger partial charge in [-0.05, 0) is 52.7 Å². The largest absolute Gasteiger partial charge is 0.454 e. The first-order valence-electron chi connectivity index (χ1n) is 6.28. The van der Waals surface area contributed by atoms with Crippen LogP contribution in [-0.2, 0) is 0 Å². The first kappa shape index (κ1) is 14.2. The van der Waals surface area contributed by atoms with Crippen LogP contribution in [0.3, 0.4) is 0 Å². The maximum Gasteiger partial charge on any atom is 0.231 e. The van der Waals surface area contributed by atoms with Crippen molar-refractivity contribution in [2.75, 3.05) is 12.2 Å². The number of halogens is 2. The molecule has 1 heterocycles. The number of hydrazone groups is 1. The molecule has 21 heavy (non-hydrogen) atoms. The second kappa shape index (κ2) is 5.95. The number of nitrogens with zero attached hydrogens (tertiary/aromatic N) is 1. The number of ether oxygens (including phenoxy) is 2. The Balaban J connectivity index is 1.75. The highest BCUT2D eigenvalue weighted by Crippen LogP contribution is 2.36. The van der Waals surface area contributed by atoms with Crippen LogP contribution < -0.4 is 14.9 Å². The van der Waals surface area contributed by atoms with Crippen LogP contribution in [-0.4, -0.2) is 13.0 Å². The van der Waals surface area contributed by atoms with Gasteiger partial charge in [0.15, 0.2) is 11.5 Å². The van der Waals surface area contributed by atoms with Gasteiger partial charge in [-0.2, -0.15) is 5.10 Å². The van der Waals surface area contributed by atoms with Gasteiger partial charge in [-0.3, -0.25) is 5.43 Å². The van der Waals surface area contributed by atoms with Gasteiger partial charge < -0.3 is 9.47 Å². The predicted octanol–water partition coefficient (Wildman–Crippen LogP) is 4.59. The van der Waals surface area contributed by atoms with Crippen molar-refractivity contribution in [1.29, 1.82) is 0 Å². The number of hydrogen-bond acceptors (Lipinski definition) is 4. The van der Waals surface area contributed by atoms with Crippen molar-refractivity contribution in [2.45, 2.75) is 6.92 Å². The van der Waals surface area contributed by atoms with Crippen molar-refractivity contribution >= 4 is 39.4 Å². The van der Waals surface area contributed by atoms with Crippen molar-refractivity contribution < 1.29 is 9.47 Å². The third kappa shape index (κ3) is 3.14. The molecule has 0 amide bonds. The summed E-state index contributed by atoms with van der Waals surface area (Å²) in [6.45, 7) is 2.21. The Morgan fingerprint density at radius 1 is 1.24 bits per heavy atom. The first-order chi connectivity index (χ1) is 10.1. The van der Waals surface area contributed by atoms with Gasteiger partial charge in [0.25, 0.3) is 0 Å². The molecular weight excluding hydrogens is 356 g/mol. The summed E-state index contributed by atoms with van der Waals surface area (Å²) in [6.07, 6.45) is 1.71.